The summed E-state index contributed by atoms with van der Waals surface area (Å²) < 4.78 is 6.66. The van der Waals surface area contributed by atoms with E-state index in [4.69, 9.17) is 4.74 Å². The van der Waals surface area contributed by atoms with Crippen LogP contribution in [0.4, 0.5) is 0 Å². The number of halogens is 1. The van der Waals surface area contributed by atoms with Gasteiger partial charge < -0.3 is 15.0 Å². The van der Waals surface area contributed by atoms with Crippen molar-refractivity contribution in [3.63, 3.8) is 0 Å². The van der Waals surface area contributed by atoms with Crippen LogP contribution in [0.3, 0.4) is 0 Å². The van der Waals surface area contributed by atoms with Gasteiger partial charge in [0, 0.05) is 13.1 Å². The van der Waals surface area contributed by atoms with Gasteiger partial charge >= 0.3 is 0 Å². The van der Waals surface area contributed by atoms with Gasteiger partial charge in [-0.1, -0.05) is 58.0 Å². The van der Waals surface area contributed by atoms with Crippen molar-refractivity contribution in [1.29, 1.82) is 0 Å². The number of nitrogens with one attached hydrogen (secondary N) is 1. The molecule has 1 atom stereocenters. The highest BCUT2D eigenvalue weighted by Crippen LogP contribution is 2.31. The molecule has 0 aliphatic heterocycles. The van der Waals surface area contributed by atoms with Gasteiger partial charge in [-0.25, -0.2) is 0 Å². The van der Waals surface area contributed by atoms with E-state index in [2.05, 4.69) is 42.0 Å². The summed E-state index contributed by atoms with van der Waals surface area (Å²) in [5, 5.41) is 2.89. The Labute approximate surface area is 200 Å². The van der Waals surface area contributed by atoms with Crippen LogP contribution in [0, 0.1) is 6.92 Å². The van der Waals surface area contributed by atoms with Crippen molar-refractivity contribution in [3.8, 4) is 5.75 Å². The van der Waals surface area contributed by atoms with E-state index < -0.39 is 6.04 Å². The number of amides is 2. The van der Waals surface area contributed by atoms with Gasteiger partial charge in [0.2, 0.25) is 5.91 Å². The van der Waals surface area contributed by atoms with E-state index >= 15 is 0 Å². The summed E-state index contributed by atoms with van der Waals surface area (Å²) in [6, 6.07) is 13.2. The van der Waals surface area contributed by atoms with E-state index in [1.54, 1.807) is 11.8 Å². The van der Waals surface area contributed by atoms with E-state index in [0.29, 0.717) is 18.8 Å². The van der Waals surface area contributed by atoms with Crippen molar-refractivity contribution in [2.24, 2.45) is 0 Å². The van der Waals surface area contributed by atoms with Gasteiger partial charge in [0.05, 0.1) is 4.47 Å². The molecular formula is C26H35BrN2O3. The minimum atomic E-state index is -0.607. The fraction of sp³-hybridized carbons (Fsp3) is 0.462. The van der Waals surface area contributed by atoms with Crippen molar-refractivity contribution in [2.75, 3.05) is 13.2 Å². The SMILES string of the molecule is CCCNC(=O)[C@@H](C)N(Cc1ccccc1C)C(=O)COc1ccc(C(C)(C)C)cc1Br. The molecule has 1 N–H and O–H groups in total. The molecule has 0 aromatic heterocycles. The highest BCUT2D eigenvalue weighted by atomic mass is 79.9. The van der Waals surface area contributed by atoms with Crippen LogP contribution in [0.5, 0.6) is 5.75 Å². The van der Waals surface area contributed by atoms with Gasteiger partial charge in [0.1, 0.15) is 11.8 Å². The molecule has 2 rings (SSSR count). The first kappa shape index (κ1) is 25.9. The Balaban J connectivity index is 2.18. The standard InChI is InChI=1S/C26H35BrN2O3/c1-7-14-28-25(31)19(3)29(16-20-11-9-8-10-18(20)2)24(30)17-32-23-13-12-21(15-22(23)27)26(4,5)6/h8-13,15,19H,7,14,16-17H2,1-6H3,(H,28,31)/t19-/m1/s1. The molecule has 174 valence electrons. The fourth-order valence-corrected chi connectivity index (χ4v) is 3.75. The van der Waals surface area contributed by atoms with Crippen LogP contribution in [-0.4, -0.2) is 35.9 Å². The number of ether oxygens (including phenoxy) is 1. The maximum absolute atomic E-state index is 13.2. The van der Waals surface area contributed by atoms with Crippen molar-refractivity contribution in [1.82, 2.24) is 10.2 Å². The summed E-state index contributed by atoms with van der Waals surface area (Å²) in [7, 11) is 0. The maximum Gasteiger partial charge on any atom is 0.261 e. The van der Waals surface area contributed by atoms with Crippen LogP contribution >= 0.6 is 15.9 Å². The van der Waals surface area contributed by atoms with Crippen LogP contribution in [0.15, 0.2) is 46.9 Å². The third kappa shape index (κ3) is 7.09. The zero-order chi connectivity index (χ0) is 23.9. The number of carbonyl (C=O) groups is 2. The number of rotatable bonds is 9. The summed E-state index contributed by atoms with van der Waals surface area (Å²) >= 11 is 3.56. The first-order chi connectivity index (χ1) is 15.0. The fourth-order valence-electron chi connectivity index (χ4n) is 3.26. The predicted molar refractivity (Wildman–Crippen MR) is 133 cm³/mol. The van der Waals surface area contributed by atoms with E-state index in [1.165, 1.54) is 5.56 Å². The number of aryl methyl sites for hydroxylation is 1. The molecule has 0 saturated carbocycles. The number of carbonyl (C=O) groups excluding carboxylic acids is 2. The Bertz CT molecular complexity index is 937. The van der Waals surface area contributed by atoms with Gasteiger partial charge in [0.15, 0.2) is 6.61 Å². The van der Waals surface area contributed by atoms with Crippen LogP contribution in [0.1, 0.15) is 57.7 Å². The van der Waals surface area contributed by atoms with Crippen LogP contribution in [-0.2, 0) is 21.5 Å². The first-order valence-corrected chi connectivity index (χ1v) is 11.9. The largest absolute Gasteiger partial charge is 0.483 e. The zero-order valence-electron chi connectivity index (χ0n) is 20.0. The van der Waals surface area contributed by atoms with E-state index in [9.17, 15) is 9.59 Å². The van der Waals surface area contributed by atoms with Crippen LogP contribution < -0.4 is 10.1 Å². The molecule has 0 radical (unpaired) electrons. The quantitative estimate of drug-likeness (QED) is 0.500. The Kier molecular flexibility index (Phi) is 9.32. The van der Waals surface area contributed by atoms with Gasteiger partial charge in [-0.05, 0) is 70.4 Å². The van der Waals surface area contributed by atoms with Gasteiger partial charge in [-0.15, -0.1) is 0 Å². The molecule has 2 amide bonds. The lowest BCUT2D eigenvalue weighted by Gasteiger charge is -2.29. The summed E-state index contributed by atoms with van der Waals surface area (Å²) in [4.78, 5) is 27.4. The molecule has 0 saturated heterocycles. The third-order valence-electron chi connectivity index (χ3n) is 5.47. The Morgan fingerprint density at radius 1 is 1.16 bits per heavy atom. The third-order valence-corrected chi connectivity index (χ3v) is 6.09. The van der Waals surface area contributed by atoms with Gasteiger partial charge in [-0.2, -0.15) is 0 Å². The monoisotopic (exact) mass is 502 g/mol. The Morgan fingerprint density at radius 2 is 1.84 bits per heavy atom. The van der Waals surface area contributed by atoms with E-state index in [1.807, 2.05) is 56.3 Å². The maximum atomic E-state index is 13.2. The molecular weight excluding hydrogens is 468 g/mol. The minimum Gasteiger partial charge on any atom is -0.483 e. The lowest BCUT2D eigenvalue weighted by molar-refractivity contribution is -0.142. The second-order valence-electron chi connectivity index (χ2n) is 9.10. The lowest BCUT2D eigenvalue weighted by atomic mass is 9.87. The molecule has 0 bridgehead atoms. The van der Waals surface area contributed by atoms with Crippen LogP contribution in [0.25, 0.3) is 0 Å². The summed E-state index contributed by atoms with van der Waals surface area (Å²) in [5.41, 5.74) is 3.27. The molecule has 5 nitrogen and oxygen atoms in total. The topological polar surface area (TPSA) is 58.6 Å². The van der Waals surface area contributed by atoms with E-state index in [0.717, 1.165) is 22.0 Å². The molecule has 2 aromatic carbocycles. The second kappa shape index (κ2) is 11.5. The van der Waals surface area contributed by atoms with Crippen molar-refractivity contribution < 1.29 is 14.3 Å². The molecule has 6 heteroatoms. The molecule has 0 aliphatic carbocycles. The number of hydrogen-bond acceptors (Lipinski definition) is 3. The molecule has 0 fully saturated rings. The van der Waals surface area contributed by atoms with E-state index in [-0.39, 0.29) is 23.8 Å². The zero-order valence-corrected chi connectivity index (χ0v) is 21.6. The number of benzene rings is 2. The highest BCUT2D eigenvalue weighted by Gasteiger charge is 2.27. The summed E-state index contributed by atoms with van der Waals surface area (Å²) in [5.74, 6) is 0.203. The number of hydrogen-bond donors (Lipinski definition) is 1. The Hall–Kier alpha value is -2.34. The van der Waals surface area contributed by atoms with Crippen LogP contribution in [0.2, 0.25) is 0 Å². The van der Waals surface area contributed by atoms with Gasteiger partial charge in [0.25, 0.3) is 5.91 Å². The average Bonchev–Trinajstić information content (AvgIpc) is 2.74. The van der Waals surface area contributed by atoms with Crippen molar-refractivity contribution in [3.05, 3.63) is 63.6 Å². The van der Waals surface area contributed by atoms with Gasteiger partial charge in [-0.3, -0.25) is 9.59 Å². The second-order valence-corrected chi connectivity index (χ2v) is 9.95. The lowest BCUT2D eigenvalue weighted by Crippen LogP contribution is -2.49. The normalized spacial score (nSPS) is 12.2. The molecule has 32 heavy (non-hydrogen) atoms. The molecule has 0 aliphatic rings. The molecule has 0 spiro atoms. The van der Waals surface area contributed by atoms with Crippen molar-refractivity contribution in [2.45, 2.75) is 66.0 Å². The average molecular weight is 503 g/mol. The summed E-state index contributed by atoms with van der Waals surface area (Å²) in [6.07, 6.45) is 0.839. The molecule has 0 unspecified atom stereocenters. The number of nitrogens with zero attached hydrogens (tertiary/aromatic N) is 1. The predicted octanol–water partition coefficient (Wildman–Crippen LogP) is 5.38. The summed E-state index contributed by atoms with van der Waals surface area (Å²) in [6.45, 7) is 13.0. The first-order valence-electron chi connectivity index (χ1n) is 11.1. The Morgan fingerprint density at radius 3 is 2.44 bits per heavy atom. The molecule has 0 heterocycles. The highest BCUT2D eigenvalue weighted by molar-refractivity contribution is 9.10. The smallest absolute Gasteiger partial charge is 0.261 e. The minimum absolute atomic E-state index is 0.0164. The molecule has 2 aromatic rings. The van der Waals surface area contributed by atoms with Crippen molar-refractivity contribution >= 4 is 27.7 Å².